The molecule has 6 nitrogen and oxygen atoms in total. The minimum atomic E-state index is -0.346. The molecule has 0 aliphatic heterocycles. The van der Waals surface area contributed by atoms with Crippen LogP contribution >= 0.6 is 0 Å². The van der Waals surface area contributed by atoms with Crippen molar-refractivity contribution < 1.29 is 9.18 Å². The highest BCUT2D eigenvalue weighted by atomic mass is 19.1. The third-order valence-electron chi connectivity index (χ3n) is 6.14. The van der Waals surface area contributed by atoms with Crippen LogP contribution in [-0.2, 0) is 11.2 Å². The summed E-state index contributed by atoms with van der Waals surface area (Å²) in [5, 5.41) is 16.9. The molecule has 2 fully saturated rings. The minimum absolute atomic E-state index is 0.170. The summed E-state index contributed by atoms with van der Waals surface area (Å²) in [4.78, 5) is 12.4. The van der Waals surface area contributed by atoms with Gasteiger partial charge in [0.2, 0.25) is 5.91 Å². The number of rotatable bonds is 6. The van der Waals surface area contributed by atoms with Crippen LogP contribution in [0.2, 0.25) is 0 Å². The van der Waals surface area contributed by atoms with Gasteiger partial charge in [-0.2, -0.15) is 10.4 Å². The number of nitrogens with zero attached hydrogens (tertiary/aromatic N) is 3. The van der Waals surface area contributed by atoms with Crippen LogP contribution in [0.5, 0.6) is 0 Å². The van der Waals surface area contributed by atoms with E-state index in [-0.39, 0.29) is 23.5 Å². The molecule has 1 aromatic heterocycles. The number of benzene rings is 1. The van der Waals surface area contributed by atoms with E-state index in [1.165, 1.54) is 36.1 Å². The molecule has 0 radical (unpaired) electrons. The number of nitriles is 1. The Balaban J connectivity index is 1.35. The van der Waals surface area contributed by atoms with Gasteiger partial charge in [0.25, 0.3) is 0 Å². The molecule has 7 heteroatoms. The van der Waals surface area contributed by atoms with Gasteiger partial charge in [-0.25, -0.2) is 9.07 Å². The number of halogens is 1. The molecule has 146 valence electrons. The van der Waals surface area contributed by atoms with Gasteiger partial charge in [-0.3, -0.25) is 4.79 Å². The highest BCUT2D eigenvalue weighted by Gasteiger charge is 2.42. The van der Waals surface area contributed by atoms with Crippen molar-refractivity contribution in [2.24, 2.45) is 17.8 Å². The smallest absolute Gasteiger partial charge is 0.223 e. The largest absolute Gasteiger partial charge is 0.382 e. The summed E-state index contributed by atoms with van der Waals surface area (Å²) in [6.45, 7) is 0.556. The van der Waals surface area contributed by atoms with E-state index < -0.39 is 0 Å². The molecule has 28 heavy (non-hydrogen) atoms. The minimum Gasteiger partial charge on any atom is -0.382 e. The van der Waals surface area contributed by atoms with Gasteiger partial charge in [0, 0.05) is 12.5 Å². The van der Waals surface area contributed by atoms with Crippen molar-refractivity contribution in [1.29, 1.82) is 5.26 Å². The number of carbonyl (C=O) groups excluding carboxylic acids is 1. The normalized spacial score (nSPS) is 22.9. The molecular formula is C21H24FN5O. The third-order valence-corrected chi connectivity index (χ3v) is 6.14. The number of nitrogen functional groups attached to an aromatic ring is 1. The fourth-order valence-electron chi connectivity index (χ4n) is 4.72. The highest BCUT2D eigenvalue weighted by molar-refractivity contribution is 5.79. The average molecular weight is 381 g/mol. The zero-order valence-electron chi connectivity index (χ0n) is 15.7. The summed E-state index contributed by atoms with van der Waals surface area (Å²) in [5.41, 5.74) is 7.60. The molecular weight excluding hydrogens is 357 g/mol. The first-order valence-corrected chi connectivity index (χ1v) is 9.88. The number of nitrogens with one attached hydrogen (secondary N) is 1. The van der Waals surface area contributed by atoms with E-state index in [1.54, 1.807) is 12.1 Å². The Labute approximate surface area is 163 Å². The highest BCUT2D eigenvalue weighted by Crippen LogP contribution is 2.48. The van der Waals surface area contributed by atoms with Gasteiger partial charge in [0.05, 0.1) is 11.4 Å². The van der Waals surface area contributed by atoms with Gasteiger partial charge in [-0.15, -0.1) is 0 Å². The van der Waals surface area contributed by atoms with Crippen molar-refractivity contribution in [2.45, 2.75) is 38.5 Å². The topological polar surface area (TPSA) is 96.7 Å². The number of fused-ring (bicyclic) bond motifs is 2. The summed E-state index contributed by atoms with van der Waals surface area (Å²) in [6, 6.07) is 7.90. The number of aromatic nitrogens is 2. The predicted octanol–water partition coefficient (Wildman–Crippen LogP) is 2.95. The van der Waals surface area contributed by atoms with Crippen molar-refractivity contribution in [1.82, 2.24) is 15.1 Å². The predicted molar refractivity (Wildman–Crippen MR) is 103 cm³/mol. The number of aryl methyl sites for hydroxylation is 1. The summed E-state index contributed by atoms with van der Waals surface area (Å²) in [7, 11) is 0. The molecule has 1 aromatic carbocycles. The third kappa shape index (κ3) is 3.47. The number of nitrogens with two attached hydrogens (primary N) is 1. The molecule has 3 N–H and O–H groups in total. The van der Waals surface area contributed by atoms with Crippen molar-refractivity contribution in [2.75, 3.05) is 12.3 Å². The molecule has 3 atom stereocenters. The molecule has 0 saturated heterocycles. The van der Waals surface area contributed by atoms with Gasteiger partial charge in [-0.05, 0) is 68.2 Å². The second kappa shape index (κ2) is 7.63. The molecule has 1 heterocycles. The summed E-state index contributed by atoms with van der Waals surface area (Å²) in [6.07, 6.45) is 5.94. The van der Waals surface area contributed by atoms with Crippen LogP contribution in [0.25, 0.3) is 5.69 Å². The Bertz CT molecular complexity index is 914. The Morgan fingerprint density at radius 3 is 2.75 bits per heavy atom. The number of hydrogen-bond acceptors (Lipinski definition) is 4. The molecule has 4 rings (SSSR count). The number of hydrogen-bond donors (Lipinski definition) is 2. The summed E-state index contributed by atoms with van der Waals surface area (Å²) in [5.74, 6) is 1.57. The van der Waals surface area contributed by atoms with Crippen molar-refractivity contribution in [3.8, 4) is 11.8 Å². The lowest BCUT2D eigenvalue weighted by Gasteiger charge is -2.20. The Hall–Kier alpha value is -2.88. The van der Waals surface area contributed by atoms with E-state index in [2.05, 4.69) is 16.5 Å². The van der Waals surface area contributed by atoms with Crippen LogP contribution in [0, 0.1) is 34.9 Å². The van der Waals surface area contributed by atoms with Crippen molar-refractivity contribution in [3.63, 3.8) is 0 Å². The van der Waals surface area contributed by atoms with E-state index in [4.69, 9.17) is 5.73 Å². The van der Waals surface area contributed by atoms with Gasteiger partial charge in [-0.1, -0.05) is 6.42 Å². The van der Waals surface area contributed by atoms with Gasteiger partial charge in [0.15, 0.2) is 0 Å². The van der Waals surface area contributed by atoms with Crippen LogP contribution in [0.4, 0.5) is 10.2 Å². The van der Waals surface area contributed by atoms with Gasteiger partial charge < -0.3 is 11.1 Å². The molecule has 2 aromatic rings. The molecule has 2 aliphatic rings. The van der Waals surface area contributed by atoms with E-state index in [9.17, 15) is 14.4 Å². The average Bonchev–Trinajstić information content (AvgIpc) is 3.40. The van der Waals surface area contributed by atoms with Crippen LogP contribution in [0.15, 0.2) is 24.3 Å². The Morgan fingerprint density at radius 2 is 2.11 bits per heavy atom. The number of amides is 1. The molecule has 2 saturated carbocycles. The maximum Gasteiger partial charge on any atom is 0.223 e. The fraction of sp³-hybridized carbons (Fsp3) is 0.476. The van der Waals surface area contributed by atoms with E-state index in [0.29, 0.717) is 42.2 Å². The molecule has 0 spiro atoms. The molecule has 3 unspecified atom stereocenters. The zero-order chi connectivity index (χ0) is 19.7. The molecule has 2 aliphatic carbocycles. The number of anilines is 1. The first-order chi connectivity index (χ1) is 13.6. The van der Waals surface area contributed by atoms with Crippen LogP contribution in [0.1, 0.15) is 43.4 Å². The standard InChI is InChI=1S/C21H24FN5O/c22-15-5-7-16(8-6-15)27-20(24)18(12-23)19(26-27)2-1-9-25-21(28)17-11-13-3-4-14(17)10-13/h5-8,13-14,17H,1-4,9-11,24H2,(H,25,28). The second-order valence-corrected chi connectivity index (χ2v) is 7.88. The van der Waals surface area contributed by atoms with Crippen LogP contribution < -0.4 is 11.1 Å². The quantitative estimate of drug-likeness (QED) is 0.752. The lowest BCUT2D eigenvalue weighted by Crippen LogP contribution is -2.34. The maximum atomic E-state index is 13.1. The van der Waals surface area contributed by atoms with Crippen molar-refractivity contribution >= 4 is 11.7 Å². The van der Waals surface area contributed by atoms with Gasteiger partial charge in [0.1, 0.15) is 23.3 Å². The monoisotopic (exact) mass is 381 g/mol. The van der Waals surface area contributed by atoms with E-state index in [0.717, 1.165) is 12.3 Å². The van der Waals surface area contributed by atoms with Gasteiger partial charge >= 0.3 is 0 Å². The summed E-state index contributed by atoms with van der Waals surface area (Å²) < 4.78 is 14.6. The molecule has 1 amide bonds. The maximum absolute atomic E-state index is 13.1. The van der Waals surface area contributed by atoms with E-state index >= 15 is 0 Å². The zero-order valence-corrected chi connectivity index (χ0v) is 15.7. The first kappa shape index (κ1) is 18.5. The Morgan fingerprint density at radius 1 is 1.32 bits per heavy atom. The molecule has 2 bridgehead atoms. The van der Waals surface area contributed by atoms with Crippen LogP contribution in [-0.4, -0.2) is 22.2 Å². The van der Waals surface area contributed by atoms with Crippen molar-refractivity contribution in [3.05, 3.63) is 41.3 Å². The van der Waals surface area contributed by atoms with Crippen LogP contribution in [0.3, 0.4) is 0 Å². The fourth-order valence-corrected chi connectivity index (χ4v) is 4.72. The SMILES string of the molecule is N#Cc1c(CCCNC(=O)C2CC3CCC2C3)nn(-c2ccc(F)cc2)c1N. The second-order valence-electron chi connectivity index (χ2n) is 7.88. The summed E-state index contributed by atoms with van der Waals surface area (Å²) >= 11 is 0. The lowest BCUT2D eigenvalue weighted by molar-refractivity contribution is -0.126. The first-order valence-electron chi connectivity index (χ1n) is 9.88. The van der Waals surface area contributed by atoms with E-state index in [1.807, 2.05) is 0 Å². The Kier molecular flexibility index (Phi) is 5.03. The number of carbonyl (C=O) groups is 1. The lowest BCUT2D eigenvalue weighted by atomic mass is 9.88.